The number of aromatic nitrogens is 1. The minimum absolute atomic E-state index is 0.202. The van der Waals surface area contributed by atoms with Crippen molar-refractivity contribution in [1.29, 1.82) is 0 Å². The number of halogens is 1. The molecule has 1 fully saturated rings. The van der Waals surface area contributed by atoms with E-state index in [1.54, 1.807) is 12.1 Å². The number of carbonyl (C=O) groups is 1. The van der Waals surface area contributed by atoms with E-state index in [1.165, 1.54) is 11.6 Å². The first-order valence-electron chi connectivity index (χ1n) is 9.20. The molecule has 0 spiro atoms. The van der Waals surface area contributed by atoms with Crippen LogP contribution in [0.2, 0.25) is 0 Å². The molecule has 0 radical (unpaired) electrons. The van der Waals surface area contributed by atoms with Crippen LogP contribution in [-0.2, 0) is 11.2 Å². The topological polar surface area (TPSA) is 36.1 Å². The van der Waals surface area contributed by atoms with E-state index >= 15 is 0 Å². The standard InChI is InChI=1S/C22H23FN2O/c1-15-3-2-4-16(11-15)12-22(26)25-9-7-17(8-10-25)21-14-18-13-19(23)5-6-20(18)24-21/h2-6,11,13-14,17,24H,7-10,12H2,1H3. The Morgan fingerprint density at radius 1 is 1.15 bits per heavy atom. The number of nitrogens with zero attached hydrogens (tertiary/aromatic N) is 1. The molecule has 1 aromatic heterocycles. The van der Waals surface area contributed by atoms with E-state index in [-0.39, 0.29) is 11.7 Å². The van der Waals surface area contributed by atoms with Crippen LogP contribution in [-0.4, -0.2) is 28.9 Å². The molecular weight excluding hydrogens is 327 g/mol. The number of amides is 1. The van der Waals surface area contributed by atoms with E-state index in [1.807, 2.05) is 36.1 Å². The van der Waals surface area contributed by atoms with Gasteiger partial charge in [-0.05, 0) is 49.6 Å². The van der Waals surface area contributed by atoms with Crippen molar-refractivity contribution in [3.05, 3.63) is 71.2 Å². The molecule has 1 aliphatic rings. The third-order valence-corrected chi connectivity index (χ3v) is 5.33. The highest BCUT2D eigenvalue weighted by molar-refractivity contribution is 5.81. The molecular formula is C22H23FN2O. The van der Waals surface area contributed by atoms with Gasteiger partial charge >= 0.3 is 0 Å². The summed E-state index contributed by atoms with van der Waals surface area (Å²) in [4.78, 5) is 18.0. The van der Waals surface area contributed by atoms with Crippen LogP contribution >= 0.6 is 0 Å². The molecule has 0 unspecified atom stereocenters. The van der Waals surface area contributed by atoms with Crippen LogP contribution in [0.1, 0.15) is 35.6 Å². The smallest absolute Gasteiger partial charge is 0.226 e. The molecule has 26 heavy (non-hydrogen) atoms. The number of hydrogen-bond acceptors (Lipinski definition) is 1. The largest absolute Gasteiger partial charge is 0.358 e. The number of nitrogens with one attached hydrogen (secondary N) is 1. The highest BCUT2D eigenvalue weighted by atomic mass is 19.1. The molecule has 3 nitrogen and oxygen atoms in total. The predicted molar refractivity (Wildman–Crippen MR) is 102 cm³/mol. The summed E-state index contributed by atoms with van der Waals surface area (Å²) in [6, 6.07) is 15.0. The number of fused-ring (bicyclic) bond motifs is 1. The number of aromatic amines is 1. The van der Waals surface area contributed by atoms with E-state index in [0.29, 0.717) is 12.3 Å². The molecule has 1 saturated heterocycles. The van der Waals surface area contributed by atoms with Gasteiger partial charge in [0.15, 0.2) is 0 Å². The molecule has 0 aliphatic carbocycles. The van der Waals surface area contributed by atoms with Gasteiger partial charge in [-0.15, -0.1) is 0 Å². The fourth-order valence-corrected chi connectivity index (χ4v) is 3.89. The molecule has 0 atom stereocenters. The summed E-state index contributed by atoms with van der Waals surface area (Å²) in [5, 5.41) is 0.915. The molecule has 2 aromatic carbocycles. The number of benzene rings is 2. The minimum Gasteiger partial charge on any atom is -0.358 e. The first-order valence-corrected chi connectivity index (χ1v) is 9.20. The van der Waals surface area contributed by atoms with Crippen LogP contribution in [0.4, 0.5) is 4.39 Å². The van der Waals surface area contributed by atoms with Gasteiger partial charge in [0.1, 0.15) is 5.82 Å². The maximum absolute atomic E-state index is 13.4. The van der Waals surface area contributed by atoms with Crippen LogP contribution in [0.3, 0.4) is 0 Å². The second kappa shape index (κ2) is 6.94. The average Bonchev–Trinajstić information content (AvgIpc) is 3.05. The van der Waals surface area contributed by atoms with Gasteiger partial charge in [-0.3, -0.25) is 4.79 Å². The zero-order valence-corrected chi connectivity index (χ0v) is 15.0. The number of piperidine rings is 1. The average molecular weight is 350 g/mol. The number of carbonyl (C=O) groups excluding carboxylic acids is 1. The fraction of sp³-hybridized carbons (Fsp3) is 0.318. The monoisotopic (exact) mass is 350 g/mol. The van der Waals surface area contributed by atoms with Crippen LogP contribution in [0.25, 0.3) is 10.9 Å². The van der Waals surface area contributed by atoms with Gasteiger partial charge in [-0.25, -0.2) is 4.39 Å². The molecule has 1 aliphatic heterocycles. The highest BCUT2D eigenvalue weighted by Crippen LogP contribution is 2.30. The quantitative estimate of drug-likeness (QED) is 0.738. The summed E-state index contributed by atoms with van der Waals surface area (Å²) in [7, 11) is 0. The summed E-state index contributed by atoms with van der Waals surface area (Å²) in [6.07, 6.45) is 2.35. The lowest BCUT2D eigenvalue weighted by molar-refractivity contribution is -0.131. The van der Waals surface area contributed by atoms with Gasteiger partial charge in [0.05, 0.1) is 6.42 Å². The fourth-order valence-electron chi connectivity index (χ4n) is 3.89. The van der Waals surface area contributed by atoms with Crippen molar-refractivity contribution in [2.75, 3.05) is 13.1 Å². The molecule has 4 heteroatoms. The molecule has 0 bridgehead atoms. The van der Waals surface area contributed by atoms with Crippen molar-refractivity contribution in [1.82, 2.24) is 9.88 Å². The lowest BCUT2D eigenvalue weighted by Gasteiger charge is -2.31. The first-order chi connectivity index (χ1) is 12.6. The molecule has 0 saturated carbocycles. The van der Waals surface area contributed by atoms with Gasteiger partial charge < -0.3 is 9.88 Å². The van der Waals surface area contributed by atoms with Crippen LogP contribution < -0.4 is 0 Å². The Morgan fingerprint density at radius 2 is 1.96 bits per heavy atom. The molecule has 134 valence electrons. The molecule has 4 rings (SSSR count). The lowest BCUT2D eigenvalue weighted by Crippen LogP contribution is -2.38. The van der Waals surface area contributed by atoms with Gasteiger partial charge in [0, 0.05) is 35.6 Å². The number of aryl methyl sites for hydroxylation is 1. The zero-order valence-electron chi connectivity index (χ0n) is 15.0. The maximum Gasteiger partial charge on any atom is 0.226 e. The van der Waals surface area contributed by atoms with Crippen molar-refractivity contribution in [3.63, 3.8) is 0 Å². The second-order valence-corrected chi connectivity index (χ2v) is 7.28. The van der Waals surface area contributed by atoms with Crippen molar-refractivity contribution in [2.45, 2.75) is 32.1 Å². The lowest BCUT2D eigenvalue weighted by atomic mass is 9.93. The van der Waals surface area contributed by atoms with Crippen LogP contribution in [0.15, 0.2) is 48.5 Å². The van der Waals surface area contributed by atoms with Crippen molar-refractivity contribution in [3.8, 4) is 0 Å². The normalized spacial score (nSPS) is 15.5. The number of likely N-dealkylation sites (tertiary alicyclic amines) is 1. The van der Waals surface area contributed by atoms with Gasteiger partial charge in [-0.2, -0.15) is 0 Å². The Bertz CT molecular complexity index is 938. The number of hydrogen-bond donors (Lipinski definition) is 1. The van der Waals surface area contributed by atoms with Gasteiger partial charge in [0.2, 0.25) is 5.91 Å². The predicted octanol–water partition coefficient (Wildman–Crippen LogP) is 4.56. The summed E-state index contributed by atoms with van der Waals surface area (Å²) in [6.45, 7) is 3.60. The Kier molecular flexibility index (Phi) is 4.49. The maximum atomic E-state index is 13.4. The Morgan fingerprint density at radius 3 is 2.73 bits per heavy atom. The van der Waals surface area contributed by atoms with Crippen molar-refractivity contribution in [2.24, 2.45) is 0 Å². The van der Waals surface area contributed by atoms with Gasteiger partial charge in [0.25, 0.3) is 0 Å². The third kappa shape index (κ3) is 3.50. The number of H-pyrrole nitrogens is 1. The number of rotatable bonds is 3. The molecule has 2 heterocycles. The Balaban J connectivity index is 1.39. The van der Waals surface area contributed by atoms with E-state index in [2.05, 4.69) is 11.1 Å². The highest BCUT2D eigenvalue weighted by Gasteiger charge is 2.24. The van der Waals surface area contributed by atoms with Crippen molar-refractivity contribution < 1.29 is 9.18 Å². The summed E-state index contributed by atoms with van der Waals surface area (Å²) < 4.78 is 13.4. The van der Waals surface area contributed by atoms with Crippen LogP contribution in [0, 0.1) is 12.7 Å². The SMILES string of the molecule is Cc1cccc(CC(=O)N2CCC(c3cc4cc(F)ccc4[nH]3)CC2)c1. The minimum atomic E-state index is -0.209. The van der Waals surface area contributed by atoms with E-state index in [9.17, 15) is 9.18 Å². The molecule has 3 aromatic rings. The summed E-state index contributed by atoms with van der Waals surface area (Å²) >= 11 is 0. The third-order valence-electron chi connectivity index (χ3n) is 5.33. The van der Waals surface area contributed by atoms with E-state index in [0.717, 1.165) is 48.1 Å². The first kappa shape index (κ1) is 16.8. The van der Waals surface area contributed by atoms with E-state index in [4.69, 9.17) is 0 Å². The van der Waals surface area contributed by atoms with Crippen molar-refractivity contribution >= 4 is 16.8 Å². The van der Waals surface area contributed by atoms with Gasteiger partial charge in [-0.1, -0.05) is 29.8 Å². The van der Waals surface area contributed by atoms with Crippen LogP contribution in [0.5, 0.6) is 0 Å². The molecule has 1 N–H and O–H groups in total. The molecule has 1 amide bonds. The Hall–Kier alpha value is -2.62. The Labute approximate surface area is 152 Å². The second-order valence-electron chi connectivity index (χ2n) is 7.28. The summed E-state index contributed by atoms with van der Waals surface area (Å²) in [5.41, 5.74) is 4.38. The van der Waals surface area contributed by atoms with E-state index < -0.39 is 0 Å². The summed E-state index contributed by atoms with van der Waals surface area (Å²) in [5.74, 6) is 0.390. The zero-order chi connectivity index (χ0) is 18.1.